The molecule has 3 aromatic rings. The maximum absolute atomic E-state index is 12.1. The van der Waals surface area contributed by atoms with Gasteiger partial charge in [0.15, 0.2) is 5.65 Å². The number of pyridine rings is 1. The number of hydrogen-bond donors (Lipinski definition) is 2. The van der Waals surface area contributed by atoms with Crippen molar-refractivity contribution in [3.63, 3.8) is 0 Å². The van der Waals surface area contributed by atoms with Gasteiger partial charge in [0.25, 0.3) is 5.91 Å². The molecule has 0 fully saturated rings. The fourth-order valence-corrected chi connectivity index (χ4v) is 1.78. The molecule has 6 nitrogen and oxygen atoms in total. The molecule has 3 N–H and O–H groups in total. The van der Waals surface area contributed by atoms with Gasteiger partial charge < -0.3 is 5.73 Å². The summed E-state index contributed by atoms with van der Waals surface area (Å²) in [6.07, 6.45) is 1.78. The number of hydrogen-bond acceptors (Lipinski definition) is 4. The summed E-state index contributed by atoms with van der Waals surface area (Å²) < 4.78 is 1.70. The van der Waals surface area contributed by atoms with E-state index >= 15 is 0 Å². The van der Waals surface area contributed by atoms with Crippen molar-refractivity contribution in [3.05, 3.63) is 54.2 Å². The lowest BCUT2D eigenvalue weighted by Crippen LogP contribution is -2.14. The van der Waals surface area contributed by atoms with Crippen LogP contribution >= 0.6 is 0 Å². The summed E-state index contributed by atoms with van der Waals surface area (Å²) in [5.41, 5.74) is 7.34. The molecule has 1 aromatic carbocycles. The number of carbonyl (C=O) groups excluding carboxylic acids is 1. The number of nitrogens with zero attached hydrogens (tertiary/aromatic N) is 3. The number of amides is 1. The summed E-state index contributed by atoms with van der Waals surface area (Å²) in [6, 6.07) is 12.3. The second kappa shape index (κ2) is 4.41. The molecule has 0 aliphatic heterocycles. The normalized spacial score (nSPS) is 10.5. The molecule has 0 saturated heterocycles. The van der Waals surface area contributed by atoms with Gasteiger partial charge in [0.1, 0.15) is 0 Å². The number of nitrogens with two attached hydrogens (primary N) is 1. The second-order valence-corrected chi connectivity index (χ2v) is 4.03. The minimum absolute atomic E-state index is 0.273. The Hall–Kier alpha value is -2.89. The lowest BCUT2D eigenvalue weighted by atomic mass is 10.2. The Labute approximate surface area is 108 Å². The number of rotatable bonds is 2. The first kappa shape index (κ1) is 11.2. The molecule has 0 bridgehead atoms. The molecule has 1 amide bonds. The Balaban J connectivity index is 1.91. The predicted molar refractivity (Wildman–Crippen MR) is 71.8 cm³/mol. The fraction of sp³-hybridized carbons (Fsp3) is 0. The van der Waals surface area contributed by atoms with Gasteiger partial charge in [-0.25, -0.2) is 0 Å². The summed E-state index contributed by atoms with van der Waals surface area (Å²) in [7, 11) is 0. The SMILES string of the molecule is Nc1cccc(C(=O)Nc2nnc3ccccn23)c1. The highest BCUT2D eigenvalue weighted by Crippen LogP contribution is 2.11. The quantitative estimate of drug-likeness (QED) is 0.679. The summed E-state index contributed by atoms with van der Waals surface area (Å²) >= 11 is 0. The van der Waals surface area contributed by atoms with Crippen LogP contribution in [0, 0.1) is 0 Å². The molecule has 0 saturated carbocycles. The van der Waals surface area contributed by atoms with Gasteiger partial charge in [0.2, 0.25) is 5.95 Å². The number of aromatic nitrogens is 3. The lowest BCUT2D eigenvalue weighted by molar-refractivity contribution is 0.102. The molecule has 6 heteroatoms. The first-order valence-corrected chi connectivity index (χ1v) is 5.71. The molecule has 94 valence electrons. The topological polar surface area (TPSA) is 85.3 Å². The Morgan fingerprint density at radius 3 is 2.89 bits per heavy atom. The Morgan fingerprint density at radius 1 is 1.16 bits per heavy atom. The van der Waals surface area contributed by atoms with Crippen molar-refractivity contribution in [1.82, 2.24) is 14.6 Å². The largest absolute Gasteiger partial charge is 0.399 e. The van der Waals surface area contributed by atoms with Gasteiger partial charge >= 0.3 is 0 Å². The molecule has 0 aliphatic rings. The minimum atomic E-state index is -0.273. The highest BCUT2D eigenvalue weighted by atomic mass is 16.1. The average molecular weight is 253 g/mol. The number of benzene rings is 1. The first-order chi connectivity index (χ1) is 9.24. The van der Waals surface area contributed by atoms with Crippen LogP contribution in [-0.4, -0.2) is 20.5 Å². The first-order valence-electron chi connectivity index (χ1n) is 5.71. The third-order valence-corrected chi connectivity index (χ3v) is 2.69. The number of carbonyl (C=O) groups is 1. The van der Waals surface area contributed by atoms with Gasteiger partial charge in [-0.1, -0.05) is 12.1 Å². The van der Waals surface area contributed by atoms with E-state index < -0.39 is 0 Å². The summed E-state index contributed by atoms with van der Waals surface area (Å²) in [5, 5.41) is 10.6. The van der Waals surface area contributed by atoms with Gasteiger partial charge in [-0.05, 0) is 30.3 Å². The molecule has 3 rings (SSSR count). The summed E-state index contributed by atoms with van der Waals surface area (Å²) in [4.78, 5) is 12.1. The molecule has 19 heavy (non-hydrogen) atoms. The molecule has 0 radical (unpaired) electrons. The summed E-state index contributed by atoms with van der Waals surface area (Å²) in [6.45, 7) is 0. The van der Waals surface area contributed by atoms with Crippen molar-refractivity contribution in [3.8, 4) is 0 Å². The van der Waals surface area contributed by atoms with E-state index in [2.05, 4.69) is 15.5 Å². The fourth-order valence-electron chi connectivity index (χ4n) is 1.78. The molecule has 0 unspecified atom stereocenters. The highest BCUT2D eigenvalue weighted by Gasteiger charge is 2.10. The molecule has 0 atom stereocenters. The number of nitrogen functional groups attached to an aromatic ring is 1. The van der Waals surface area contributed by atoms with Crippen molar-refractivity contribution in [1.29, 1.82) is 0 Å². The van der Waals surface area contributed by atoms with Crippen molar-refractivity contribution >= 4 is 23.2 Å². The molecule has 0 aliphatic carbocycles. The third-order valence-electron chi connectivity index (χ3n) is 2.69. The maximum Gasteiger partial charge on any atom is 0.258 e. The lowest BCUT2D eigenvalue weighted by Gasteiger charge is -2.03. The average Bonchev–Trinajstić information content (AvgIpc) is 2.82. The monoisotopic (exact) mass is 253 g/mol. The Morgan fingerprint density at radius 2 is 2.05 bits per heavy atom. The van der Waals surface area contributed by atoms with Gasteiger partial charge in [0.05, 0.1) is 0 Å². The van der Waals surface area contributed by atoms with E-state index in [1.165, 1.54) is 0 Å². The highest BCUT2D eigenvalue weighted by molar-refractivity contribution is 6.04. The van der Waals surface area contributed by atoms with Crippen molar-refractivity contribution in [2.24, 2.45) is 0 Å². The van der Waals surface area contributed by atoms with E-state index in [4.69, 9.17) is 5.73 Å². The van der Waals surface area contributed by atoms with Crippen LogP contribution < -0.4 is 11.1 Å². The van der Waals surface area contributed by atoms with Crippen molar-refractivity contribution in [2.75, 3.05) is 11.1 Å². The van der Waals surface area contributed by atoms with Crippen LogP contribution in [0.15, 0.2) is 48.7 Å². The zero-order valence-corrected chi connectivity index (χ0v) is 9.95. The zero-order chi connectivity index (χ0) is 13.2. The number of nitrogens with one attached hydrogen (secondary N) is 1. The minimum Gasteiger partial charge on any atom is -0.399 e. The Bertz CT molecular complexity index is 749. The standard InChI is InChI=1S/C13H11N5O/c14-10-5-3-4-9(8-10)12(19)15-13-17-16-11-6-1-2-7-18(11)13/h1-8H,14H2,(H,15,17,19). The molecular weight excluding hydrogens is 242 g/mol. The van der Waals surface area contributed by atoms with Crippen molar-refractivity contribution < 1.29 is 4.79 Å². The smallest absolute Gasteiger partial charge is 0.258 e. The van der Waals surface area contributed by atoms with E-state index in [-0.39, 0.29) is 5.91 Å². The van der Waals surface area contributed by atoms with Crippen LogP contribution in [0.4, 0.5) is 11.6 Å². The van der Waals surface area contributed by atoms with Crippen LogP contribution in [0.1, 0.15) is 10.4 Å². The van der Waals surface area contributed by atoms with Crippen LogP contribution in [0.2, 0.25) is 0 Å². The molecule has 0 spiro atoms. The Kier molecular flexibility index (Phi) is 2.60. The van der Waals surface area contributed by atoms with E-state index in [1.54, 1.807) is 34.9 Å². The van der Waals surface area contributed by atoms with Crippen LogP contribution in [0.25, 0.3) is 5.65 Å². The van der Waals surface area contributed by atoms with Crippen LogP contribution in [0.3, 0.4) is 0 Å². The zero-order valence-electron chi connectivity index (χ0n) is 9.95. The van der Waals surface area contributed by atoms with Crippen molar-refractivity contribution in [2.45, 2.75) is 0 Å². The van der Waals surface area contributed by atoms with Gasteiger partial charge in [-0.3, -0.25) is 14.5 Å². The van der Waals surface area contributed by atoms with Gasteiger partial charge in [0, 0.05) is 17.4 Å². The van der Waals surface area contributed by atoms with E-state index in [0.717, 1.165) is 0 Å². The van der Waals surface area contributed by atoms with E-state index in [1.807, 2.05) is 18.2 Å². The van der Waals surface area contributed by atoms with Crippen LogP contribution in [-0.2, 0) is 0 Å². The van der Waals surface area contributed by atoms with Gasteiger partial charge in [-0.15, -0.1) is 10.2 Å². The van der Waals surface area contributed by atoms with Gasteiger partial charge in [-0.2, -0.15) is 0 Å². The summed E-state index contributed by atoms with van der Waals surface area (Å²) in [5.74, 6) is 0.105. The van der Waals surface area contributed by atoms with E-state index in [0.29, 0.717) is 22.8 Å². The molecule has 2 heterocycles. The molecule has 2 aromatic heterocycles. The number of anilines is 2. The van der Waals surface area contributed by atoms with Crippen LogP contribution in [0.5, 0.6) is 0 Å². The number of fused-ring (bicyclic) bond motifs is 1. The maximum atomic E-state index is 12.1. The second-order valence-electron chi connectivity index (χ2n) is 4.03. The molecular formula is C13H11N5O. The third kappa shape index (κ3) is 2.11. The van der Waals surface area contributed by atoms with E-state index in [9.17, 15) is 4.79 Å². The predicted octanol–water partition coefficient (Wildman–Crippen LogP) is 1.56.